The highest BCUT2D eigenvalue weighted by molar-refractivity contribution is 5.37. The van der Waals surface area contributed by atoms with Gasteiger partial charge >= 0.3 is 0 Å². The van der Waals surface area contributed by atoms with Gasteiger partial charge in [-0.3, -0.25) is 0 Å². The van der Waals surface area contributed by atoms with Gasteiger partial charge in [-0.25, -0.2) is 0 Å². The smallest absolute Gasteiger partial charge is 0.0873 e. The molecule has 0 aromatic heterocycles. The number of aryl methyl sites for hydroxylation is 3. The van der Waals surface area contributed by atoms with Crippen LogP contribution in [0, 0.1) is 20.8 Å². The monoisotopic (exact) mass is 269 g/mol. The molecular weight excluding hydrogens is 246 g/mol. The van der Waals surface area contributed by atoms with Crippen LogP contribution in [0.1, 0.15) is 39.8 Å². The first kappa shape index (κ1) is 14.8. The minimum absolute atomic E-state index is 0.0725. The van der Waals surface area contributed by atoms with Crippen molar-refractivity contribution in [3.8, 4) is 0 Å². The molecule has 0 bridgehead atoms. The number of benzene rings is 2. The van der Waals surface area contributed by atoms with Crippen molar-refractivity contribution >= 4 is 0 Å². The van der Waals surface area contributed by atoms with E-state index in [1.807, 2.05) is 26.0 Å². The van der Waals surface area contributed by atoms with E-state index in [1.54, 1.807) is 0 Å². The lowest BCUT2D eigenvalue weighted by molar-refractivity contribution is 0.146. The highest BCUT2D eigenvalue weighted by Gasteiger charge is 2.24. The van der Waals surface area contributed by atoms with Crippen LogP contribution in [0.3, 0.4) is 0 Å². The van der Waals surface area contributed by atoms with Crippen molar-refractivity contribution in [1.82, 2.24) is 0 Å². The van der Waals surface area contributed by atoms with E-state index in [0.717, 1.165) is 22.3 Å². The van der Waals surface area contributed by atoms with E-state index in [1.165, 1.54) is 5.56 Å². The summed E-state index contributed by atoms with van der Waals surface area (Å²) in [5.74, 6) is -0.0725. The molecule has 2 unspecified atom stereocenters. The maximum absolute atomic E-state index is 10.8. The lowest BCUT2D eigenvalue weighted by atomic mass is 9.85. The number of aliphatic hydroxyl groups excluding tert-OH is 1. The lowest BCUT2D eigenvalue weighted by Gasteiger charge is -2.25. The molecule has 0 spiro atoms. The van der Waals surface area contributed by atoms with Gasteiger partial charge in [0.05, 0.1) is 6.10 Å². The Labute approximate surface area is 121 Å². The van der Waals surface area contributed by atoms with Gasteiger partial charge in [-0.15, -0.1) is 0 Å². The van der Waals surface area contributed by atoms with Gasteiger partial charge in [0.25, 0.3) is 0 Å². The molecule has 0 aliphatic heterocycles. The van der Waals surface area contributed by atoms with Crippen LogP contribution in [-0.2, 0) is 0 Å². The number of hydrogen-bond acceptors (Lipinski definition) is 2. The van der Waals surface area contributed by atoms with Crippen LogP contribution in [-0.4, -0.2) is 11.7 Å². The molecule has 2 nitrogen and oxygen atoms in total. The molecule has 2 aromatic rings. The summed E-state index contributed by atoms with van der Waals surface area (Å²) in [7, 11) is 0. The fraction of sp³-hybridized carbons (Fsp3) is 0.333. The Hall–Kier alpha value is -1.64. The Bertz CT molecular complexity index is 592. The van der Waals surface area contributed by atoms with Gasteiger partial charge in [-0.1, -0.05) is 48.0 Å². The maximum Gasteiger partial charge on any atom is 0.0873 e. The molecule has 0 saturated heterocycles. The first-order chi connectivity index (χ1) is 9.54. The molecule has 2 aromatic carbocycles. The topological polar surface area (TPSA) is 46.2 Å². The summed E-state index contributed by atoms with van der Waals surface area (Å²) in [6, 6.07) is 14.3. The van der Waals surface area contributed by atoms with Crippen LogP contribution in [0.25, 0.3) is 0 Å². The van der Waals surface area contributed by atoms with Crippen LogP contribution < -0.4 is 5.73 Å². The largest absolute Gasteiger partial charge is 0.388 e. The minimum Gasteiger partial charge on any atom is -0.388 e. The quantitative estimate of drug-likeness (QED) is 0.893. The number of aliphatic hydroxyl groups is 1. The average Bonchev–Trinajstić information content (AvgIpc) is 2.44. The molecule has 20 heavy (non-hydrogen) atoms. The van der Waals surface area contributed by atoms with E-state index < -0.39 is 6.10 Å². The molecule has 0 heterocycles. The molecular formula is C18H23NO. The van der Waals surface area contributed by atoms with E-state index in [0.29, 0.717) is 6.54 Å². The molecule has 0 radical (unpaired) electrons. The van der Waals surface area contributed by atoms with Gasteiger partial charge in [-0.2, -0.15) is 0 Å². The zero-order chi connectivity index (χ0) is 14.7. The molecule has 106 valence electrons. The number of rotatable bonds is 4. The third kappa shape index (κ3) is 2.92. The van der Waals surface area contributed by atoms with Crippen molar-refractivity contribution in [2.24, 2.45) is 5.73 Å². The highest BCUT2D eigenvalue weighted by atomic mass is 16.3. The molecule has 0 aliphatic carbocycles. The zero-order valence-corrected chi connectivity index (χ0v) is 12.4. The second-order valence-electron chi connectivity index (χ2n) is 5.50. The normalized spacial score (nSPS) is 14.1. The fourth-order valence-corrected chi connectivity index (χ4v) is 2.72. The number of hydrogen-bond donors (Lipinski definition) is 2. The van der Waals surface area contributed by atoms with Gasteiger partial charge in [0.15, 0.2) is 0 Å². The molecule has 0 fully saturated rings. The molecule has 0 saturated carbocycles. The molecule has 0 amide bonds. The second kappa shape index (κ2) is 6.21. The van der Waals surface area contributed by atoms with Crippen molar-refractivity contribution in [3.05, 3.63) is 70.3 Å². The second-order valence-corrected chi connectivity index (χ2v) is 5.50. The van der Waals surface area contributed by atoms with E-state index in [2.05, 4.69) is 37.3 Å². The predicted octanol–water partition coefficient (Wildman–Crippen LogP) is 3.39. The average molecular weight is 269 g/mol. The van der Waals surface area contributed by atoms with E-state index in [4.69, 9.17) is 5.73 Å². The first-order valence-electron chi connectivity index (χ1n) is 7.05. The SMILES string of the molecule is Cc1ccc(C)c(C(O)C(CN)c2ccccc2C)c1. The summed E-state index contributed by atoms with van der Waals surface area (Å²) < 4.78 is 0. The van der Waals surface area contributed by atoms with Crippen molar-refractivity contribution in [3.63, 3.8) is 0 Å². The summed E-state index contributed by atoms with van der Waals surface area (Å²) >= 11 is 0. The van der Waals surface area contributed by atoms with Crippen LogP contribution in [0.5, 0.6) is 0 Å². The van der Waals surface area contributed by atoms with E-state index in [9.17, 15) is 5.11 Å². The van der Waals surface area contributed by atoms with Crippen LogP contribution in [0.4, 0.5) is 0 Å². The fourth-order valence-electron chi connectivity index (χ4n) is 2.72. The van der Waals surface area contributed by atoms with Crippen molar-refractivity contribution in [2.75, 3.05) is 6.54 Å². The predicted molar refractivity (Wildman–Crippen MR) is 83.9 cm³/mol. The van der Waals surface area contributed by atoms with Crippen LogP contribution >= 0.6 is 0 Å². The molecule has 2 heteroatoms. The van der Waals surface area contributed by atoms with Crippen LogP contribution in [0.15, 0.2) is 42.5 Å². The molecule has 3 N–H and O–H groups in total. The summed E-state index contributed by atoms with van der Waals surface area (Å²) in [6.45, 7) is 6.57. The Morgan fingerprint density at radius 1 is 0.950 bits per heavy atom. The first-order valence-corrected chi connectivity index (χ1v) is 7.05. The van der Waals surface area contributed by atoms with Gasteiger partial charge in [0.2, 0.25) is 0 Å². The molecule has 2 rings (SSSR count). The Morgan fingerprint density at radius 3 is 2.25 bits per heavy atom. The number of nitrogens with two attached hydrogens (primary N) is 1. The zero-order valence-electron chi connectivity index (χ0n) is 12.4. The van der Waals surface area contributed by atoms with Gasteiger partial charge in [-0.05, 0) is 43.0 Å². The Morgan fingerprint density at radius 2 is 1.60 bits per heavy atom. The summed E-state index contributed by atoms with van der Waals surface area (Å²) in [5, 5.41) is 10.8. The standard InChI is InChI=1S/C18H23NO/c1-12-8-9-14(3)16(10-12)18(20)17(11-19)15-7-5-4-6-13(15)2/h4-10,17-18,20H,11,19H2,1-3H3. The maximum atomic E-state index is 10.8. The van der Waals surface area contributed by atoms with Gasteiger partial charge < -0.3 is 10.8 Å². The van der Waals surface area contributed by atoms with Gasteiger partial charge in [0, 0.05) is 12.5 Å². The van der Waals surface area contributed by atoms with Gasteiger partial charge in [0.1, 0.15) is 0 Å². The summed E-state index contributed by atoms with van der Waals surface area (Å²) in [5.41, 5.74) is 11.5. The van der Waals surface area contributed by atoms with E-state index in [-0.39, 0.29) is 5.92 Å². The highest BCUT2D eigenvalue weighted by Crippen LogP contribution is 2.33. The third-order valence-electron chi connectivity index (χ3n) is 3.98. The summed E-state index contributed by atoms with van der Waals surface area (Å²) in [6.07, 6.45) is -0.569. The van der Waals surface area contributed by atoms with Crippen molar-refractivity contribution in [2.45, 2.75) is 32.8 Å². The lowest BCUT2D eigenvalue weighted by Crippen LogP contribution is -2.21. The van der Waals surface area contributed by atoms with Crippen molar-refractivity contribution < 1.29 is 5.11 Å². The summed E-state index contributed by atoms with van der Waals surface area (Å²) in [4.78, 5) is 0. The Balaban J connectivity index is 2.41. The Kier molecular flexibility index (Phi) is 4.58. The molecule has 2 atom stereocenters. The molecule has 0 aliphatic rings. The third-order valence-corrected chi connectivity index (χ3v) is 3.98. The van der Waals surface area contributed by atoms with Crippen molar-refractivity contribution in [1.29, 1.82) is 0 Å². The van der Waals surface area contributed by atoms with Crippen LogP contribution in [0.2, 0.25) is 0 Å². The van der Waals surface area contributed by atoms with E-state index >= 15 is 0 Å². The minimum atomic E-state index is -0.569.